The average Bonchev–Trinajstić information content (AvgIpc) is 3.04. The van der Waals surface area contributed by atoms with Gasteiger partial charge in [-0.2, -0.15) is 0 Å². The van der Waals surface area contributed by atoms with Gasteiger partial charge in [-0.05, 0) is 12.1 Å². The number of ether oxygens (including phenoxy) is 2. The van der Waals surface area contributed by atoms with Crippen LogP contribution in [0, 0.1) is 0 Å². The fourth-order valence-electron chi connectivity index (χ4n) is 2.62. The number of anilines is 1. The molecule has 6 heteroatoms. The number of hydrogen-bond donors (Lipinski definition) is 1. The van der Waals surface area contributed by atoms with Gasteiger partial charge in [-0.15, -0.1) is 11.3 Å². The number of quaternary nitrogens is 1. The first-order valence-corrected chi connectivity index (χ1v) is 8.33. The molecule has 22 heavy (non-hydrogen) atoms. The van der Waals surface area contributed by atoms with E-state index in [1.165, 1.54) is 13.1 Å². The number of methoxy groups -OCH3 is 2. The molecule has 0 saturated carbocycles. The topological polar surface area (TPSA) is 39.0 Å². The third-order valence-corrected chi connectivity index (χ3v) is 4.97. The molecule has 0 amide bonds. The SMILES string of the molecule is COc1ccc(-c2csc(N3CC[NH+](C)CC3)n2)c(OC)c1. The highest BCUT2D eigenvalue weighted by Gasteiger charge is 2.20. The van der Waals surface area contributed by atoms with Crippen molar-refractivity contribution in [3.63, 3.8) is 0 Å². The van der Waals surface area contributed by atoms with Gasteiger partial charge in [-0.1, -0.05) is 0 Å². The van der Waals surface area contributed by atoms with Crippen LogP contribution in [0.1, 0.15) is 0 Å². The molecule has 118 valence electrons. The predicted octanol–water partition coefficient (Wildman–Crippen LogP) is 1.16. The van der Waals surface area contributed by atoms with Crippen LogP contribution in [0.5, 0.6) is 11.5 Å². The number of nitrogens with one attached hydrogen (secondary N) is 1. The minimum atomic E-state index is 0.790. The van der Waals surface area contributed by atoms with Crippen LogP contribution in [0.15, 0.2) is 23.6 Å². The van der Waals surface area contributed by atoms with Crippen molar-refractivity contribution in [1.29, 1.82) is 0 Å². The zero-order valence-corrected chi connectivity index (χ0v) is 14.1. The number of likely N-dealkylation sites (N-methyl/N-ethyl adjacent to an activating group) is 1. The molecule has 0 atom stereocenters. The molecule has 1 aromatic heterocycles. The minimum absolute atomic E-state index is 0.790. The lowest BCUT2D eigenvalue weighted by molar-refractivity contribution is -0.880. The van der Waals surface area contributed by atoms with Crippen LogP contribution in [0.25, 0.3) is 11.3 Å². The van der Waals surface area contributed by atoms with Gasteiger partial charge in [0.1, 0.15) is 11.5 Å². The van der Waals surface area contributed by atoms with Crippen molar-refractivity contribution in [2.75, 3.05) is 52.3 Å². The summed E-state index contributed by atoms with van der Waals surface area (Å²) in [7, 11) is 5.58. The molecule has 0 unspecified atom stereocenters. The Bertz CT molecular complexity index is 636. The summed E-state index contributed by atoms with van der Waals surface area (Å²) >= 11 is 1.70. The molecule has 2 aromatic rings. The van der Waals surface area contributed by atoms with Crippen LogP contribution >= 0.6 is 11.3 Å². The molecule has 1 N–H and O–H groups in total. The Morgan fingerprint density at radius 2 is 1.95 bits per heavy atom. The number of piperazine rings is 1. The van der Waals surface area contributed by atoms with Crippen molar-refractivity contribution < 1.29 is 14.4 Å². The van der Waals surface area contributed by atoms with Gasteiger partial charge in [-0.3, -0.25) is 0 Å². The van der Waals surface area contributed by atoms with E-state index < -0.39 is 0 Å². The molecular formula is C16H22N3O2S+. The Balaban J connectivity index is 1.84. The minimum Gasteiger partial charge on any atom is -0.497 e. The molecule has 1 aliphatic rings. The second-order valence-electron chi connectivity index (χ2n) is 5.53. The van der Waals surface area contributed by atoms with E-state index in [4.69, 9.17) is 14.5 Å². The first-order valence-electron chi connectivity index (χ1n) is 7.45. The number of aromatic nitrogens is 1. The van der Waals surface area contributed by atoms with E-state index in [2.05, 4.69) is 17.3 Å². The summed E-state index contributed by atoms with van der Waals surface area (Å²) in [6.45, 7) is 4.47. The van der Waals surface area contributed by atoms with E-state index in [1.54, 1.807) is 30.5 Å². The zero-order chi connectivity index (χ0) is 15.5. The molecule has 3 rings (SSSR count). The molecular weight excluding hydrogens is 298 g/mol. The summed E-state index contributed by atoms with van der Waals surface area (Å²) in [6, 6.07) is 5.84. The highest BCUT2D eigenvalue weighted by atomic mass is 32.1. The monoisotopic (exact) mass is 320 g/mol. The second-order valence-corrected chi connectivity index (χ2v) is 6.36. The van der Waals surface area contributed by atoms with Gasteiger partial charge in [0.2, 0.25) is 0 Å². The van der Waals surface area contributed by atoms with E-state index in [0.717, 1.165) is 41.0 Å². The summed E-state index contributed by atoms with van der Waals surface area (Å²) in [5, 5.41) is 3.20. The Morgan fingerprint density at radius 3 is 2.64 bits per heavy atom. The molecule has 0 aliphatic carbocycles. The van der Waals surface area contributed by atoms with Crippen LogP contribution in [0.4, 0.5) is 5.13 Å². The third-order valence-electron chi connectivity index (χ3n) is 4.06. The first kappa shape index (κ1) is 15.1. The molecule has 0 spiro atoms. The quantitative estimate of drug-likeness (QED) is 0.918. The maximum absolute atomic E-state index is 5.48. The normalized spacial score (nSPS) is 15.9. The molecule has 1 aliphatic heterocycles. The fraction of sp³-hybridized carbons (Fsp3) is 0.438. The van der Waals surface area contributed by atoms with Crippen molar-refractivity contribution in [3.05, 3.63) is 23.6 Å². The first-order chi connectivity index (χ1) is 10.7. The van der Waals surface area contributed by atoms with Gasteiger partial charge >= 0.3 is 0 Å². The van der Waals surface area contributed by atoms with E-state index in [1.807, 2.05) is 18.2 Å². The standard InChI is InChI=1S/C16H21N3O2S/c1-18-6-8-19(9-7-18)16-17-14(11-22-16)13-5-4-12(20-2)10-15(13)21-3/h4-5,10-11H,6-9H2,1-3H3/p+1. The lowest BCUT2D eigenvalue weighted by atomic mass is 10.1. The third kappa shape index (κ3) is 3.03. The largest absolute Gasteiger partial charge is 0.497 e. The summed E-state index contributed by atoms with van der Waals surface area (Å²) in [5.41, 5.74) is 1.97. The summed E-state index contributed by atoms with van der Waals surface area (Å²) in [6.07, 6.45) is 0. The van der Waals surface area contributed by atoms with Gasteiger partial charge in [0, 0.05) is 17.0 Å². The van der Waals surface area contributed by atoms with Crippen molar-refractivity contribution in [3.8, 4) is 22.8 Å². The number of thiazole rings is 1. The number of rotatable bonds is 4. The van der Waals surface area contributed by atoms with E-state index in [0.29, 0.717) is 0 Å². The fourth-order valence-corrected chi connectivity index (χ4v) is 3.50. The van der Waals surface area contributed by atoms with Crippen LogP contribution in [-0.4, -0.2) is 52.4 Å². The number of nitrogens with zero attached hydrogens (tertiary/aromatic N) is 2. The van der Waals surface area contributed by atoms with Gasteiger partial charge in [0.15, 0.2) is 5.13 Å². The Hall–Kier alpha value is -1.79. The molecule has 0 radical (unpaired) electrons. The van der Waals surface area contributed by atoms with Crippen LogP contribution in [0.3, 0.4) is 0 Å². The molecule has 2 heterocycles. The Labute approximate surface area is 135 Å². The van der Waals surface area contributed by atoms with Crippen LogP contribution < -0.4 is 19.3 Å². The molecule has 1 aromatic carbocycles. The molecule has 5 nitrogen and oxygen atoms in total. The maximum atomic E-state index is 5.48. The molecule has 1 fully saturated rings. The van der Waals surface area contributed by atoms with Gasteiger partial charge in [-0.25, -0.2) is 4.98 Å². The smallest absolute Gasteiger partial charge is 0.186 e. The highest BCUT2D eigenvalue weighted by Crippen LogP contribution is 2.35. The lowest BCUT2D eigenvalue weighted by Crippen LogP contribution is -3.12. The summed E-state index contributed by atoms with van der Waals surface area (Å²) in [5.74, 6) is 1.58. The van der Waals surface area contributed by atoms with E-state index >= 15 is 0 Å². The van der Waals surface area contributed by atoms with Gasteiger partial charge < -0.3 is 19.3 Å². The Morgan fingerprint density at radius 1 is 1.18 bits per heavy atom. The van der Waals surface area contributed by atoms with Crippen molar-refractivity contribution in [2.45, 2.75) is 0 Å². The van der Waals surface area contributed by atoms with Crippen molar-refractivity contribution in [2.24, 2.45) is 0 Å². The maximum Gasteiger partial charge on any atom is 0.186 e. The predicted molar refractivity (Wildman–Crippen MR) is 89.5 cm³/mol. The van der Waals surface area contributed by atoms with Gasteiger partial charge in [0.05, 0.1) is 53.1 Å². The molecule has 1 saturated heterocycles. The van der Waals surface area contributed by atoms with Gasteiger partial charge in [0.25, 0.3) is 0 Å². The lowest BCUT2D eigenvalue weighted by Gasteiger charge is -2.29. The summed E-state index contributed by atoms with van der Waals surface area (Å²) < 4.78 is 10.7. The van der Waals surface area contributed by atoms with Crippen molar-refractivity contribution >= 4 is 16.5 Å². The van der Waals surface area contributed by atoms with Crippen molar-refractivity contribution in [1.82, 2.24) is 4.98 Å². The van der Waals surface area contributed by atoms with E-state index in [9.17, 15) is 0 Å². The Kier molecular flexibility index (Phi) is 4.49. The summed E-state index contributed by atoms with van der Waals surface area (Å²) in [4.78, 5) is 8.77. The second kappa shape index (κ2) is 6.54. The molecule has 0 bridgehead atoms. The highest BCUT2D eigenvalue weighted by molar-refractivity contribution is 7.14. The van der Waals surface area contributed by atoms with Crippen LogP contribution in [0.2, 0.25) is 0 Å². The number of benzene rings is 1. The zero-order valence-electron chi connectivity index (χ0n) is 13.3. The van der Waals surface area contributed by atoms with E-state index in [-0.39, 0.29) is 0 Å². The number of hydrogen-bond acceptors (Lipinski definition) is 5. The van der Waals surface area contributed by atoms with Crippen LogP contribution in [-0.2, 0) is 0 Å². The average molecular weight is 320 g/mol.